The fraction of sp³-hybridized carbons (Fsp3) is 0.188. The maximum atomic E-state index is 12.0. The van der Waals surface area contributed by atoms with Crippen molar-refractivity contribution in [2.45, 2.75) is 16.6 Å². The summed E-state index contributed by atoms with van der Waals surface area (Å²) >= 11 is 1.72. The van der Waals surface area contributed by atoms with Crippen molar-refractivity contribution in [3.05, 3.63) is 54.1 Å². The van der Waals surface area contributed by atoms with E-state index in [4.69, 9.17) is 4.74 Å². The van der Waals surface area contributed by atoms with Crippen molar-refractivity contribution in [1.82, 2.24) is 0 Å². The fourth-order valence-corrected chi connectivity index (χ4v) is 3.48. The van der Waals surface area contributed by atoms with Crippen LogP contribution in [0, 0.1) is 0 Å². The van der Waals surface area contributed by atoms with Gasteiger partial charge in [0.1, 0.15) is 5.75 Å². The molecule has 1 atom stereocenters. The first kappa shape index (κ1) is 13.1. The van der Waals surface area contributed by atoms with Crippen LogP contribution in [0.25, 0.3) is 0 Å². The van der Waals surface area contributed by atoms with E-state index in [9.17, 15) is 4.79 Å². The topological polar surface area (TPSA) is 38.3 Å². The highest BCUT2D eigenvalue weighted by Gasteiger charge is 2.23. The second kappa shape index (κ2) is 5.59. The van der Waals surface area contributed by atoms with Gasteiger partial charge >= 0.3 is 0 Å². The van der Waals surface area contributed by atoms with Crippen LogP contribution in [-0.4, -0.2) is 13.0 Å². The quantitative estimate of drug-likeness (QED) is 0.910. The molecule has 1 heterocycles. The first-order chi connectivity index (χ1) is 9.76. The molecule has 3 rings (SSSR count). The van der Waals surface area contributed by atoms with Crippen LogP contribution in [-0.2, 0) is 4.79 Å². The molecular weight excluding hydrogens is 270 g/mol. The summed E-state index contributed by atoms with van der Waals surface area (Å²) < 4.78 is 5.17. The van der Waals surface area contributed by atoms with Gasteiger partial charge in [-0.1, -0.05) is 24.3 Å². The Hall–Kier alpha value is -1.94. The highest BCUT2D eigenvalue weighted by Crippen LogP contribution is 2.43. The maximum Gasteiger partial charge on any atom is 0.225 e. The minimum atomic E-state index is 0.0586. The zero-order valence-electron chi connectivity index (χ0n) is 11.1. The summed E-state index contributed by atoms with van der Waals surface area (Å²) in [5, 5.41) is 3.09. The molecule has 1 amide bonds. The van der Waals surface area contributed by atoms with Crippen LogP contribution in [0.15, 0.2) is 53.4 Å². The molecule has 0 saturated carbocycles. The predicted molar refractivity (Wildman–Crippen MR) is 81.3 cm³/mol. The van der Waals surface area contributed by atoms with E-state index in [0.29, 0.717) is 6.42 Å². The van der Waals surface area contributed by atoms with E-state index in [2.05, 4.69) is 5.32 Å². The van der Waals surface area contributed by atoms with Crippen LogP contribution in [0.1, 0.15) is 17.2 Å². The normalized spacial score (nSPS) is 17.9. The molecule has 102 valence electrons. The van der Waals surface area contributed by atoms with Crippen LogP contribution in [0.3, 0.4) is 0 Å². The summed E-state index contributed by atoms with van der Waals surface area (Å²) in [5.41, 5.74) is 2.04. The number of rotatable bonds is 2. The third-order valence-electron chi connectivity index (χ3n) is 3.29. The summed E-state index contributed by atoms with van der Waals surface area (Å²) in [6.45, 7) is 0. The van der Waals surface area contributed by atoms with Gasteiger partial charge in [0.25, 0.3) is 0 Å². The number of benzene rings is 2. The molecule has 0 fully saturated rings. The molecule has 2 aromatic carbocycles. The molecule has 2 aromatic rings. The van der Waals surface area contributed by atoms with Gasteiger partial charge in [0, 0.05) is 16.6 Å². The molecular formula is C16H15NO2S. The van der Waals surface area contributed by atoms with Gasteiger partial charge in [-0.25, -0.2) is 0 Å². The van der Waals surface area contributed by atoms with Crippen LogP contribution < -0.4 is 10.1 Å². The van der Waals surface area contributed by atoms with Crippen LogP contribution in [0.5, 0.6) is 5.75 Å². The molecule has 0 radical (unpaired) electrons. The van der Waals surface area contributed by atoms with Crippen molar-refractivity contribution < 1.29 is 9.53 Å². The van der Waals surface area contributed by atoms with Gasteiger partial charge in [0.2, 0.25) is 5.91 Å². The number of hydrogen-bond donors (Lipinski definition) is 1. The first-order valence-electron chi connectivity index (χ1n) is 6.46. The molecule has 0 aromatic heterocycles. The number of methoxy groups -OCH3 is 1. The molecule has 0 unspecified atom stereocenters. The molecule has 1 aliphatic heterocycles. The van der Waals surface area contributed by atoms with Gasteiger partial charge < -0.3 is 10.1 Å². The number of nitrogens with one attached hydrogen (secondary N) is 1. The molecule has 3 nitrogen and oxygen atoms in total. The third-order valence-corrected chi connectivity index (χ3v) is 4.62. The number of hydrogen-bond acceptors (Lipinski definition) is 3. The monoisotopic (exact) mass is 285 g/mol. The fourth-order valence-electron chi connectivity index (χ4n) is 2.24. The number of ether oxygens (including phenoxy) is 1. The molecule has 0 saturated heterocycles. The number of para-hydroxylation sites is 1. The standard InChI is InChI=1S/C16H15NO2S/c1-19-12-8-6-11(7-9-12)15-10-16(18)17-13-4-2-3-5-14(13)20-15/h2-9,15H,10H2,1H3,(H,17,18)/t15-/m0/s1. The number of amides is 1. The average molecular weight is 285 g/mol. The summed E-state index contributed by atoms with van der Waals surface area (Å²) in [6, 6.07) is 15.8. The number of thioether (sulfide) groups is 1. The van der Waals surface area contributed by atoms with E-state index in [-0.39, 0.29) is 11.2 Å². The van der Waals surface area contributed by atoms with E-state index in [1.54, 1.807) is 18.9 Å². The molecule has 0 aliphatic carbocycles. The van der Waals surface area contributed by atoms with Crippen molar-refractivity contribution in [3.63, 3.8) is 0 Å². The van der Waals surface area contributed by atoms with E-state index < -0.39 is 0 Å². The van der Waals surface area contributed by atoms with Gasteiger partial charge in [-0.3, -0.25) is 4.79 Å². The zero-order valence-corrected chi connectivity index (χ0v) is 11.9. The minimum Gasteiger partial charge on any atom is -0.497 e. The summed E-state index contributed by atoms with van der Waals surface area (Å²) in [4.78, 5) is 13.1. The van der Waals surface area contributed by atoms with Crippen molar-refractivity contribution in [1.29, 1.82) is 0 Å². The van der Waals surface area contributed by atoms with Crippen molar-refractivity contribution in [2.75, 3.05) is 12.4 Å². The van der Waals surface area contributed by atoms with Crippen LogP contribution >= 0.6 is 11.8 Å². The number of fused-ring (bicyclic) bond motifs is 1. The van der Waals surface area contributed by atoms with E-state index in [1.807, 2.05) is 48.5 Å². The lowest BCUT2D eigenvalue weighted by Crippen LogP contribution is -2.11. The summed E-state index contributed by atoms with van der Waals surface area (Å²) in [6.07, 6.45) is 0.478. The second-order valence-electron chi connectivity index (χ2n) is 4.63. The van der Waals surface area contributed by atoms with E-state index in [1.165, 1.54) is 0 Å². The Morgan fingerprint density at radius 1 is 1.15 bits per heavy atom. The number of carbonyl (C=O) groups excluding carboxylic acids is 1. The number of carbonyl (C=O) groups is 1. The number of anilines is 1. The predicted octanol–water partition coefficient (Wildman–Crippen LogP) is 3.87. The van der Waals surface area contributed by atoms with Gasteiger partial charge in [-0.05, 0) is 29.8 Å². The molecule has 0 bridgehead atoms. The lowest BCUT2D eigenvalue weighted by Gasteiger charge is -2.14. The largest absolute Gasteiger partial charge is 0.497 e. The smallest absolute Gasteiger partial charge is 0.225 e. The van der Waals surface area contributed by atoms with E-state index >= 15 is 0 Å². The van der Waals surface area contributed by atoms with Gasteiger partial charge in [-0.15, -0.1) is 11.8 Å². The Kier molecular flexibility index (Phi) is 3.65. The van der Waals surface area contributed by atoms with Crippen molar-refractivity contribution >= 4 is 23.4 Å². The summed E-state index contributed by atoms with van der Waals surface area (Å²) in [7, 11) is 1.65. The highest BCUT2D eigenvalue weighted by molar-refractivity contribution is 7.99. The van der Waals surface area contributed by atoms with Gasteiger partial charge in [-0.2, -0.15) is 0 Å². The molecule has 1 aliphatic rings. The van der Waals surface area contributed by atoms with Crippen LogP contribution in [0.2, 0.25) is 0 Å². The molecule has 20 heavy (non-hydrogen) atoms. The average Bonchev–Trinajstić information content (AvgIpc) is 2.65. The zero-order chi connectivity index (χ0) is 13.9. The highest BCUT2D eigenvalue weighted by atomic mass is 32.2. The Labute approximate surface area is 122 Å². The van der Waals surface area contributed by atoms with Crippen molar-refractivity contribution in [2.24, 2.45) is 0 Å². The SMILES string of the molecule is COc1ccc([C@@H]2CC(=O)Nc3ccccc3S2)cc1. The lowest BCUT2D eigenvalue weighted by molar-refractivity contribution is -0.116. The molecule has 4 heteroatoms. The van der Waals surface area contributed by atoms with Gasteiger partial charge in [0.05, 0.1) is 12.8 Å². The Bertz CT molecular complexity index is 625. The Balaban J connectivity index is 1.91. The second-order valence-corrected chi connectivity index (χ2v) is 5.87. The maximum absolute atomic E-state index is 12.0. The van der Waals surface area contributed by atoms with E-state index in [0.717, 1.165) is 21.9 Å². The Morgan fingerprint density at radius 2 is 1.90 bits per heavy atom. The van der Waals surface area contributed by atoms with Crippen molar-refractivity contribution in [3.8, 4) is 5.75 Å². The van der Waals surface area contributed by atoms with Crippen LogP contribution in [0.4, 0.5) is 5.69 Å². The summed E-state index contributed by atoms with van der Waals surface area (Å²) in [5.74, 6) is 0.889. The molecule has 0 spiro atoms. The third kappa shape index (κ3) is 2.65. The first-order valence-corrected chi connectivity index (χ1v) is 7.34. The Morgan fingerprint density at radius 3 is 2.65 bits per heavy atom. The minimum absolute atomic E-state index is 0.0586. The molecule has 1 N–H and O–H groups in total. The lowest BCUT2D eigenvalue weighted by atomic mass is 10.1. The van der Waals surface area contributed by atoms with Gasteiger partial charge in [0.15, 0.2) is 0 Å².